The maximum absolute atomic E-state index is 11.1. The zero-order chi connectivity index (χ0) is 21.7. The summed E-state index contributed by atoms with van der Waals surface area (Å²) in [7, 11) is -24.5. The summed E-state index contributed by atoms with van der Waals surface area (Å²) >= 11 is 0. The van der Waals surface area contributed by atoms with Gasteiger partial charge >= 0.3 is 118 Å². The zero-order valence-electron chi connectivity index (χ0n) is 17.2. The van der Waals surface area contributed by atoms with E-state index in [0.717, 1.165) is 0 Å². The van der Waals surface area contributed by atoms with Crippen molar-refractivity contribution in [3.63, 3.8) is 0 Å². The predicted octanol–water partition coefficient (Wildman–Crippen LogP) is -17.9. The van der Waals surface area contributed by atoms with Crippen molar-refractivity contribution in [2.45, 2.75) is 23.3 Å². The molecule has 7 N–H and O–H groups in total. The van der Waals surface area contributed by atoms with Crippen LogP contribution in [0.5, 0.6) is 0 Å². The van der Waals surface area contributed by atoms with E-state index < -0.39 is 53.6 Å². The molecular weight excluding hydrogens is 568 g/mol. The third-order valence-corrected chi connectivity index (χ3v) is 10.6. The minimum atomic E-state index is -6.13. The number of hydrogen-bond donors (Lipinski definition) is 6. The van der Waals surface area contributed by atoms with E-state index in [0.29, 0.717) is 27.9 Å². The van der Waals surface area contributed by atoms with E-state index in [-0.39, 0.29) is 124 Å². The molecule has 0 aliphatic heterocycles. The first kappa shape index (κ1) is 45.6. The second kappa shape index (κ2) is 15.3. The van der Waals surface area contributed by atoms with Crippen LogP contribution in [0.1, 0.15) is 0 Å². The zero-order valence-corrected chi connectivity index (χ0v) is 28.8. The van der Waals surface area contributed by atoms with Gasteiger partial charge in [0.1, 0.15) is 25.5 Å². The Morgan fingerprint density at radius 3 is 1.34 bits per heavy atom. The molecule has 4 unspecified atom stereocenters. The van der Waals surface area contributed by atoms with E-state index in [1.807, 2.05) is 0 Å². The standard InChI is InChI=1S/C7H16N2O14P4.4Na.H2O/c10-6(24(12,13)14,25(15,16)17)3-8-1-2-9(5-8)4-7(11,26(18,19)20)27(21,22)23;;;;;/h1-2,5,10-11H,3-4H2,(H7-,12,13,14,15,16,17,18,19,20,21,22,23);;;;;1H2/q;4*+1;/p-4. The molecule has 0 fully saturated rings. The first-order valence-corrected chi connectivity index (χ1v) is 12.6. The molecule has 0 amide bonds. The quantitative estimate of drug-likeness (QED) is 0.0942. The molecule has 0 saturated carbocycles. The molecule has 0 aromatic carbocycles. The number of hydrogen-bond acceptors (Lipinski definition) is 11. The SMILES string of the molecule is O=P([O-])(O)C(O)(Cn1cc[n+](CC(O)(P(=O)([O-])O)P(=O)([O-])O)c1)P(=O)([O-])O.[Na+].[Na+].[Na+].[Na+].[OH-]. The average molecular weight is 582 g/mol. The third-order valence-electron chi connectivity index (χ3n) is 3.35. The second-order valence-corrected chi connectivity index (χ2v) is 13.2. The van der Waals surface area contributed by atoms with Crippen molar-refractivity contribution in [1.29, 1.82) is 0 Å². The Morgan fingerprint density at radius 2 is 1.06 bits per heavy atom. The summed E-state index contributed by atoms with van der Waals surface area (Å²) in [5, 5.41) is 11.1. The number of aliphatic hydroxyl groups is 2. The van der Waals surface area contributed by atoms with Gasteiger partial charge in [-0.1, -0.05) is 0 Å². The summed E-state index contributed by atoms with van der Waals surface area (Å²) in [6.45, 7) is -3.12. The Morgan fingerprint density at radius 1 is 0.750 bits per heavy atom. The molecule has 166 valence electrons. The van der Waals surface area contributed by atoms with Crippen molar-refractivity contribution >= 4 is 30.4 Å². The van der Waals surface area contributed by atoms with Gasteiger partial charge in [-0.15, -0.1) is 0 Å². The maximum Gasteiger partial charge on any atom is 1.00 e. The summed E-state index contributed by atoms with van der Waals surface area (Å²) in [6.07, 6.45) is 1.93. The van der Waals surface area contributed by atoms with Crippen molar-refractivity contribution in [3.8, 4) is 0 Å². The van der Waals surface area contributed by atoms with Gasteiger partial charge < -0.3 is 73.1 Å². The van der Waals surface area contributed by atoms with Gasteiger partial charge in [0.15, 0.2) is 30.4 Å². The Labute approximate surface area is 269 Å². The fourth-order valence-electron chi connectivity index (χ4n) is 1.79. The minimum Gasteiger partial charge on any atom is -0.870 e. The average Bonchev–Trinajstić information content (AvgIpc) is 2.80. The number of rotatable bonds is 8. The number of aromatic nitrogens is 2. The Balaban J connectivity index is -0.000000486. The molecule has 4 atom stereocenters. The third kappa shape index (κ3) is 10.5. The molecule has 0 bridgehead atoms. The van der Waals surface area contributed by atoms with E-state index in [2.05, 4.69) is 0 Å². The molecule has 25 heteroatoms. The van der Waals surface area contributed by atoms with Gasteiger partial charge in [0.2, 0.25) is 16.5 Å². The molecule has 17 nitrogen and oxygen atoms in total. The summed E-state index contributed by atoms with van der Waals surface area (Å²) < 4.78 is 45.4. The minimum absolute atomic E-state index is 0. The largest absolute Gasteiger partial charge is 1.00 e. The van der Waals surface area contributed by atoms with Crippen molar-refractivity contribution in [2.75, 3.05) is 0 Å². The Bertz CT molecular complexity index is 789. The molecule has 1 heterocycles. The van der Waals surface area contributed by atoms with E-state index in [9.17, 15) is 48.0 Å². The molecule has 0 aliphatic rings. The van der Waals surface area contributed by atoms with Crippen LogP contribution in [0.2, 0.25) is 0 Å². The first-order chi connectivity index (χ1) is 11.7. The van der Waals surface area contributed by atoms with Gasteiger partial charge in [-0.2, -0.15) is 0 Å². The Hall–Kier alpha value is 3.69. The Kier molecular flexibility index (Phi) is 21.8. The van der Waals surface area contributed by atoms with Crippen LogP contribution in [0.15, 0.2) is 18.7 Å². The van der Waals surface area contributed by atoms with Gasteiger partial charge in [-0.05, 0) is 0 Å². The van der Waals surface area contributed by atoms with Crippen LogP contribution in [0, 0.1) is 0 Å². The van der Waals surface area contributed by atoms with Crippen molar-refractivity contribution < 1.29 is 196 Å². The van der Waals surface area contributed by atoms with Crippen LogP contribution in [0.3, 0.4) is 0 Å². The van der Waals surface area contributed by atoms with E-state index in [1.165, 1.54) is 0 Å². The van der Waals surface area contributed by atoms with Crippen LogP contribution < -0.4 is 142 Å². The van der Waals surface area contributed by atoms with E-state index >= 15 is 0 Å². The summed E-state index contributed by atoms with van der Waals surface area (Å²) in [5.74, 6) is 0. The van der Waals surface area contributed by atoms with Gasteiger partial charge in [-0.25, -0.2) is 9.13 Å². The van der Waals surface area contributed by atoms with Crippen molar-refractivity contribution in [3.05, 3.63) is 18.7 Å². The smallest absolute Gasteiger partial charge is 0.870 e. The fourth-order valence-corrected chi connectivity index (χ4v) is 5.72. The normalized spacial score (nSPS) is 21.8. The molecule has 1 aromatic heterocycles. The van der Waals surface area contributed by atoms with Crippen molar-refractivity contribution in [2.24, 2.45) is 0 Å². The second-order valence-electron chi connectivity index (χ2n) is 5.39. The molecular formula is C7H14N2Na4O15P4. The van der Waals surface area contributed by atoms with Crippen LogP contribution in [0.25, 0.3) is 0 Å². The number of imidazole rings is 1. The predicted molar refractivity (Wildman–Crippen MR) is 75.8 cm³/mol. The molecule has 0 spiro atoms. The molecule has 0 aliphatic carbocycles. The monoisotopic (exact) mass is 582 g/mol. The molecule has 0 radical (unpaired) electrons. The summed E-state index contributed by atoms with van der Waals surface area (Å²) in [6, 6.07) is 0. The molecule has 0 saturated heterocycles. The van der Waals surface area contributed by atoms with Crippen LogP contribution in [0.4, 0.5) is 0 Å². The van der Waals surface area contributed by atoms with Crippen LogP contribution in [-0.2, 0) is 31.3 Å². The van der Waals surface area contributed by atoms with E-state index in [1.54, 1.807) is 0 Å². The van der Waals surface area contributed by atoms with Crippen LogP contribution in [-0.4, -0.2) is 50.0 Å². The summed E-state index contributed by atoms with van der Waals surface area (Å²) in [4.78, 5) is 80.0. The topological polar surface area (TPSA) is 321 Å². The van der Waals surface area contributed by atoms with E-state index in [4.69, 9.17) is 19.6 Å². The van der Waals surface area contributed by atoms with Gasteiger partial charge in [0.05, 0.1) is 0 Å². The van der Waals surface area contributed by atoms with Gasteiger partial charge in [-0.3, -0.25) is 0 Å². The first-order valence-electron chi connectivity index (χ1n) is 6.31. The number of nitrogens with zero attached hydrogens (tertiary/aromatic N) is 2. The maximum atomic E-state index is 11.1. The fraction of sp³-hybridized carbons (Fsp3) is 0.571. The summed E-state index contributed by atoms with van der Waals surface area (Å²) in [5.41, 5.74) is 0. The van der Waals surface area contributed by atoms with Crippen molar-refractivity contribution in [1.82, 2.24) is 4.57 Å². The molecule has 32 heavy (non-hydrogen) atoms. The van der Waals surface area contributed by atoms with Gasteiger partial charge in [0, 0.05) is 0 Å². The molecule has 1 aromatic rings. The van der Waals surface area contributed by atoms with Crippen LogP contribution >= 0.6 is 30.4 Å². The van der Waals surface area contributed by atoms with Gasteiger partial charge in [0.25, 0.3) is 0 Å². The molecule has 1 rings (SSSR count).